The molecule has 1 aliphatic rings. The number of hydrogen-bond donors (Lipinski definition) is 1. The van der Waals surface area contributed by atoms with Gasteiger partial charge in [-0.05, 0) is 61.7 Å². The Kier molecular flexibility index (Phi) is 7.56. The first kappa shape index (κ1) is 24.1. The Bertz CT molecular complexity index is 1240. The highest BCUT2D eigenvalue weighted by atomic mass is 19.1. The Balaban J connectivity index is 1.51. The summed E-state index contributed by atoms with van der Waals surface area (Å²) in [5.74, 6) is 1.32. The van der Waals surface area contributed by atoms with Crippen LogP contribution in [0.2, 0.25) is 0 Å². The summed E-state index contributed by atoms with van der Waals surface area (Å²) < 4.78 is 13.8. The molecule has 2 amide bonds. The van der Waals surface area contributed by atoms with Crippen LogP contribution in [0.4, 0.5) is 20.7 Å². The second-order valence-corrected chi connectivity index (χ2v) is 8.63. The van der Waals surface area contributed by atoms with Crippen molar-refractivity contribution in [3.05, 3.63) is 82.6 Å². The van der Waals surface area contributed by atoms with Crippen molar-refractivity contribution in [3.8, 4) is 6.07 Å². The molecule has 1 aliphatic heterocycles. The van der Waals surface area contributed by atoms with Crippen LogP contribution < -0.4 is 10.2 Å². The molecule has 2 heterocycles. The lowest BCUT2D eigenvalue weighted by Crippen LogP contribution is -2.38. The normalized spacial score (nSPS) is 13.8. The Morgan fingerprint density at radius 1 is 1.11 bits per heavy atom. The number of aryl methyl sites for hydroxylation is 2. The second kappa shape index (κ2) is 11.0. The van der Waals surface area contributed by atoms with Crippen molar-refractivity contribution in [1.82, 2.24) is 14.9 Å². The van der Waals surface area contributed by atoms with E-state index in [-0.39, 0.29) is 11.8 Å². The van der Waals surface area contributed by atoms with E-state index in [2.05, 4.69) is 28.2 Å². The van der Waals surface area contributed by atoms with Gasteiger partial charge in [-0.3, -0.25) is 0 Å². The highest BCUT2D eigenvalue weighted by Gasteiger charge is 2.23. The van der Waals surface area contributed by atoms with E-state index in [1.165, 1.54) is 6.07 Å². The first-order valence-electron chi connectivity index (χ1n) is 11.9. The van der Waals surface area contributed by atoms with Gasteiger partial charge in [-0.25, -0.2) is 19.2 Å². The molecule has 0 atom stereocenters. The minimum atomic E-state index is -0.256. The quantitative estimate of drug-likeness (QED) is 0.582. The zero-order valence-corrected chi connectivity index (χ0v) is 20.1. The first-order valence-corrected chi connectivity index (χ1v) is 11.9. The van der Waals surface area contributed by atoms with Gasteiger partial charge >= 0.3 is 6.03 Å². The number of anilines is 2. The summed E-state index contributed by atoms with van der Waals surface area (Å²) in [7, 11) is 0. The van der Waals surface area contributed by atoms with E-state index in [4.69, 9.17) is 10.2 Å². The predicted molar refractivity (Wildman–Crippen MR) is 134 cm³/mol. The minimum Gasteiger partial charge on any atom is -0.354 e. The molecular weight excluding hydrogens is 443 g/mol. The fourth-order valence-electron chi connectivity index (χ4n) is 4.39. The largest absolute Gasteiger partial charge is 0.354 e. The number of nitrogens with one attached hydrogen (secondary N) is 1. The molecule has 180 valence electrons. The Morgan fingerprint density at radius 3 is 2.63 bits per heavy atom. The van der Waals surface area contributed by atoms with Gasteiger partial charge in [0.15, 0.2) is 0 Å². The number of hydrogen-bond acceptors (Lipinski definition) is 5. The molecule has 35 heavy (non-hydrogen) atoms. The number of urea groups is 1. The predicted octanol–water partition coefficient (Wildman–Crippen LogP) is 4.69. The van der Waals surface area contributed by atoms with Crippen molar-refractivity contribution in [2.24, 2.45) is 0 Å². The summed E-state index contributed by atoms with van der Waals surface area (Å²) in [4.78, 5) is 26.4. The van der Waals surface area contributed by atoms with E-state index in [0.717, 1.165) is 42.0 Å². The molecule has 8 heteroatoms. The van der Waals surface area contributed by atoms with Crippen molar-refractivity contribution in [1.29, 1.82) is 5.26 Å². The van der Waals surface area contributed by atoms with E-state index in [1.807, 2.05) is 13.0 Å². The van der Waals surface area contributed by atoms with Crippen LogP contribution in [-0.2, 0) is 12.8 Å². The van der Waals surface area contributed by atoms with Gasteiger partial charge in [-0.15, -0.1) is 0 Å². The van der Waals surface area contributed by atoms with Crippen molar-refractivity contribution in [2.75, 3.05) is 36.4 Å². The molecule has 1 N–H and O–H groups in total. The van der Waals surface area contributed by atoms with Gasteiger partial charge < -0.3 is 15.1 Å². The maximum atomic E-state index is 13.8. The topological polar surface area (TPSA) is 85.2 Å². The van der Waals surface area contributed by atoms with Gasteiger partial charge in [0, 0.05) is 49.5 Å². The fraction of sp³-hybridized carbons (Fsp3) is 0.333. The third-order valence-corrected chi connectivity index (χ3v) is 6.14. The van der Waals surface area contributed by atoms with Crippen LogP contribution in [0.5, 0.6) is 0 Å². The average Bonchev–Trinajstić information content (AvgIpc) is 3.12. The molecule has 1 aromatic heterocycles. The van der Waals surface area contributed by atoms with Crippen molar-refractivity contribution < 1.29 is 9.18 Å². The van der Waals surface area contributed by atoms with Crippen LogP contribution in [0.25, 0.3) is 0 Å². The Labute approximate surface area is 205 Å². The van der Waals surface area contributed by atoms with Gasteiger partial charge in [0.2, 0.25) is 0 Å². The molecule has 0 aliphatic carbocycles. The average molecular weight is 473 g/mol. The van der Waals surface area contributed by atoms with Gasteiger partial charge in [0.05, 0.1) is 11.6 Å². The highest BCUT2D eigenvalue weighted by molar-refractivity contribution is 5.89. The number of amides is 2. The first-order chi connectivity index (χ1) is 17.0. The standard InChI is InChI=1S/C27H29FN6O/c1-3-25-24(17-21-6-4-7-22(28)16-21)26(31-19(2)30-25)33-12-5-13-34(15-14-33)27(35)32-23-10-8-20(18-29)9-11-23/h4,6-11,16H,3,5,12-15,17H2,1-2H3,(H,32,35). The van der Waals surface area contributed by atoms with Gasteiger partial charge in [0.1, 0.15) is 17.5 Å². The number of aromatic nitrogens is 2. The summed E-state index contributed by atoms with van der Waals surface area (Å²) >= 11 is 0. The number of benzene rings is 2. The van der Waals surface area contributed by atoms with Crippen LogP contribution in [0.3, 0.4) is 0 Å². The maximum absolute atomic E-state index is 13.8. The Hall–Kier alpha value is -3.99. The molecule has 1 fully saturated rings. The fourth-order valence-corrected chi connectivity index (χ4v) is 4.39. The number of nitriles is 1. The molecule has 4 rings (SSSR count). The van der Waals surface area contributed by atoms with Crippen LogP contribution in [-0.4, -0.2) is 47.1 Å². The number of carbonyl (C=O) groups excluding carboxylic acids is 1. The van der Waals surface area contributed by atoms with Crippen LogP contribution in [0.1, 0.15) is 41.6 Å². The van der Waals surface area contributed by atoms with Gasteiger partial charge in [0.25, 0.3) is 0 Å². The molecule has 0 radical (unpaired) electrons. The summed E-state index contributed by atoms with van der Waals surface area (Å²) in [6, 6.07) is 15.4. The van der Waals surface area contributed by atoms with Gasteiger partial charge in [-0.1, -0.05) is 19.1 Å². The summed E-state index contributed by atoms with van der Waals surface area (Å²) in [6.45, 7) is 6.53. The lowest BCUT2D eigenvalue weighted by atomic mass is 10.0. The molecule has 1 saturated heterocycles. The minimum absolute atomic E-state index is 0.162. The number of nitrogens with zero attached hydrogens (tertiary/aromatic N) is 5. The second-order valence-electron chi connectivity index (χ2n) is 8.63. The monoisotopic (exact) mass is 472 g/mol. The lowest BCUT2D eigenvalue weighted by molar-refractivity contribution is 0.215. The van der Waals surface area contributed by atoms with Crippen molar-refractivity contribution in [3.63, 3.8) is 0 Å². The van der Waals surface area contributed by atoms with Gasteiger partial charge in [-0.2, -0.15) is 5.26 Å². The van der Waals surface area contributed by atoms with Crippen molar-refractivity contribution >= 4 is 17.5 Å². The molecule has 0 saturated carbocycles. The van der Waals surface area contributed by atoms with Crippen LogP contribution >= 0.6 is 0 Å². The van der Waals surface area contributed by atoms with Crippen molar-refractivity contribution in [2.45, 2.75) is 33.1 Å². The molecule has 2 aromatic carbocycles. The molecule has 7 nitrogen and oxygen atoms in total. The zero-order valence-electron chi connectivity index (χ0n) is 20.1. The third kappa shape index (κ3) is 5.93. The number of rotatable bonds is 5. The van der Waals surface area contributed by atoms with Crippen LogP contribution in [0.15, 0.2) is 48.5 Å². The lowest BCUT2D eigenvalue weighted by Gasteiger charge is -2.26. The van der Waals surface area contributed by atoms with E-state index < -0.39 is 0 Å². The smallest absolute Gasteiger partial charge is 0.321 e. The van der Waals surface area contributed by atoms with E-state index in [0.29, 0.717) is 43.1 Å². The highest BCUT2D eigenvalue weighted by Crippen LogP contribution is 2.26. The van der Waals surface area contributed by atoms with E-state index >= 15 is 0 Å². The third-order valence-electron chi connectivity index (χ3n) is 6.14. The summed E-state index contributed by atoms with van der Waals surface area (Å²) in [5, 5.41) is 11.9. The molecular formula is C27H29FN6O. The number of halogens is 1. The summed E-state index contributed by atoms with van der Waals surface area (Å²) in [6.07, 6.45) is 2.11. The van der Waals surface area contributed by atoms with Crippen LogP contribution in [0, 0.1) is 24.1 Å². The molecule has 3 aromatic rings. The Morgan fingerprint density at radius 2 is 1.91 bits per heavy atom. The number of carbonyl (C=O) groups is 1. The molecule has 0 bridgehead atoms. The molecule has 0 unspecified atom stereocenters. The maximum Gasteiger partial charge on any atom is 0.321 e. The van der Waals surface area contributed by atoms with E-state index in [1.54, 1.807) is 41.3 Å². The zero-order chi connectivity index (χ0) is 24.8. The summed E-state index contributed by atoms with van der Waals surface area (Å²) in [5.41, 5.74) is 4.07. The SMILES string of the molecule is CCc1nc(C)nc(N2CCCN(C(=O)Nc3ccc(C#N)cc3)CC2)c1Cc1cccc(F)c1. The van der Waals surface area contributed by atoms with E-state index in [9.17, 15) is 9.18 Å². The molecule has 0 spiro atoms.